The van der Waals surface area contributed by atoms with Crippen LogP contribution in [0.1, 0.15) is 44.0 Å². The van der Waals surface area contributed by atoms with Crippen molar-refractivity contribution in [2.24, 2.45) is 0 Å². The average Bonchev–Trinajstić information content (AvgIpc) is 3.53. The summed E-state index contributed by atoms with van der Waals surface area (Å²) in [6.07, 6.45) is 2.32. The molecule has 1 saturated carbocycles. The normalized spacial score (nSPS) is 14.3. The SMILES string of the molecule is CCOc1ccc(NC(=O)[C@H](C)Sc2nnc(C3CC3)n2Cc2ccccc2)cc1. The highest BCUT2D eigenvalue weighted by molar-refractivity contribution is 8.00. The van der Waals surface area contributed by atoms with E-state index < -0.39 is 0 Å². The van der Waals surface area contributed by atoms with Crippen molar-refractivity contribution >= 4 is 23.4 Å². The molecule has 1 aliphatic rings. The molecule has 4 rings (SSSR count). The molecule has 6 nitrogen and oxygen atoms in total. The quantitative estimate of drug-likeness (QED) is 0.505. The maximum absolute atomic E-state index is 12.7. The van der Waals surface area contributed by atoms with E-state index >= 15 is 0 Å². The Bertz CT molecular complexity index is 984. The zero-order valence-electron chi connectivity index (χ0n) is 17.2. The highest BCUT2D eigenvalue weighted by atomic mass is 32.2. The first-order valence-electron chi connectivity index (χ1n) is 10.3. The number of hydrogen-bond donors (Lipinski definition) is 1. The number of carbonyl (C=O) groups excluding carboxylic acids is 1. The fourth-order valence-electron chi connectivity index (χ4n) is 3.20. The van der Waals surface area contributed by atoms with Gasteiger partial charge in [-0.3, -0.25) is 4.79 Å². The minimum Gasteiger partial charge on any atom is -0.494 e. The van der Waals surface area contributed by atoms with Crippen LogP contribution in [0.2, 0.25) is 0 Å². The Balaban J connectivity index is 1.44. The summed E-state index contributed by atoms with van der Waals surface area (Å²) in [5.74, 6) is 2.25. The van der Waals surface area contributed by atoms with Crippen LogP contribution in [0, 0.1) is 0 Å². The average molecular weight is 423 g/mol. The summed E-state index contributed by atoms with van der Waals surface area (Å²) in [7, 11) is 0. The summed E-state index contributed by atoms with van der Waals surface area (Å²) >= 11 is 1.45. The number of nitrogens with zero attached hydrogens (tertiary/aromatic N) is 3. The van der Waals surface area contributed by atoms with Crippen molar-refractivity contribution in [1.82, 2.24) is 14.8 Å². The van der Waals surface area contributed by atoms with E-state index in [0.29, 0.717) is 12.5 Å². The van der Waals surface area contributed by atoms with Gasteiger partial charge in [-0.15, -0.1) is 10.2 Å². The summed E-state index contributed by atoms with van der Waals surface area (Å²) in [6, 6.07) is 17.7. The lowest BCUT2D eigenvalue weighted by atomic mass is 10.2. The second kappa shape index (κ2) is 9.34. The minimum atomic E-state index is -0.303. The van der Waals surface area contributed by atoms with Gasteiger partial charge in [-0.2, -0.15) is 0 Å². The zero-order valence-corrected chi connectivity index (χ0v) is 18.1. The minimum absolute atomic E-state index is 0.0635. The molecule has 0 bridgehead atoms. The van der Waals surface area contributed by atoms with Crippen molar-refractivity contribution < 1.29 is 9.53 Å². The van der Waals surface area contributed by atoms with E-state index in [0.717, 1.165) is 41.8 Å². The van der Waals surface area contributed by atoms with Crippen LogP contribution in [0.15, 0.2) is 59.8 Å². The Kier molecular flexibility index (Phi) is 6.38. The van der Waals surface area contributed by atoms with Crippen LogP contribution in [0.3, 0.4) is 0 Å². The van der Waals surface area contributed by atoms with Gasteiger partial charge < -0.3 is 14.6 Å². The highest BCUT2D eigenvalue weighted by Gasteiger charge is 2.31. The maximum Gasteiger partial charge on any atom is 0.237 e. The third kappa shape index (κ3) is 5.02. The number of carbonyl (C=O) groups is 1. The molecule has 3 aromatic rings. The second-order valence-corrected chi connectivity index (χ2v) is 8.70. The third-order valence-corrected chi connectivity index (χ3v) is 6.04. The molecule has 1 heterocycles. The second-order valence-electron chi connectivity index (χ2n) is 7.39. The van der Waals surface area contributed by atoms with Gasteiger partial charge >= 0.3 is 0 Å². The molecule has 0 saturated heterocycles. The predicted molar refractivity (Wildman–Crippen MR) is 119 cm³/mol. The van der Waals surface area contributed by atoms with Crippen molar-refractivity contribution in [2.45, 2.75) is 49.6 Å². The van der Waals surface area contributed by atoms with E-state index in [2.05, 4.69) is 32.2 Å². The molecule has 0 spiro atoms. The van der Waals surface area contributed by atoms with Gasteiger partial charge in [0.25, 0.3) is 0 Å². The Labute approximate surface area is 181 Å². The molecule has 0 radical (unpaired) electrons. The lowest BCUT2D eigenvalue weighted by Gasteiger charge is -2.14. The topological polar surface area (TPSA) is 69.0 Å². The Morgan fingerprint density at radius 2 is 1.90 bits per heavy atom. The molecule has 1 atom stereocenters. The first kappa shape index (κ1) is 20.5. The van der Waals surface area contributed by atoms with Crippen molar-refractivity contribution in [3.8, 4) is 5.75 Å². The van der Waals surface area contributed by atoms with Gasteiger partial charge in [-0.1, -0.05) is 42.1 Å². The van der Waals surface area contributed by atoms with Crippen LogP contribution < -0.4 is 10.1 Å². The molecular formula is C23H26N4O2S. The van der Waals surface area contributed by atoms with Crippen LogP contribution in [0.5, 0.6) is 5.75 Å². The van der Waals surface area contributed by atoms with Crippen molar-refractivity contribution in [3.63, 3.8) is 0 Å². The summed E-state index contributed by atoms with van der Waals surface area (Å²) < 4.78 is 7.61. The van der Waals surface area contributed by atoms with Crippen LogP contribution in [-0.4, -0.2) is 32.5 Å². The van der Waals surface area contributed by atoms with Gasteiger partial charge in [0.15, 0.2) is 5.16 Å². The molecule has 1 aromatic heterocycles. The number of nitrogens with one attached hydrogen (secondary N) is 1. The zero-order chi connectivity index (χ0) is 20.9. The Morgan fingerprint density at radius 3 is 2.57 bits per heavy atom. The van der Waals surface area contributed by atoms with Crippen LogP contribution in [0.4, 0.5) is 5.69 Å². The predicted octanol–water partition coefficient (Wildman–Crippen LogP) is 4.72. The van der Waals surface area contributed by atoms with Gasteiger partial charge in [0, 0.05) is 11.6 Å². The molecule has 2 aromatic carbocycles. The van der Waals surface area contributed by atoms with E-state index in [1.165, 1.54) is 17.3 Å². The number of rotatable bonds is 9. The van der Waals surface area contributed by atoms with Crippen LogP contribution in [0.25, 0.3) is 0 Å². The van der Waals surface area contributed by atoms with E-state index in [4.69, 9.17) is 4.74 Å². The smallest absolute Gasteiger partial charge is 0.237 e. The molecule has 0 unspecified atom stereocenters. The van der Waals surface area contributed by atoms with E-state index in [-0.39, 0.29) is 11.2 Å². The molecule has 1 aliphatic carbocycles. The standard InChI is InChI=1S/C23H26N4O2S/c1-3-29-20-13-11-19(12-14-20)24-22(28)16(2)30-23-26-25-21(18-9-10-18)27(23)15-17-7-5-4-6-8-17/h4-8,11-14,16,18H,3,9-10,15H2,1-2H3,(H,24,28)/t16-/m0/s1. The number of anilines is 1. The summed E-state index contributed by atoms with van der Waals surface area (Å²) in [6.45, 7) is 5.17. The van der Waals surface area contributed by atoms with E-state index in [1.54, 1.807) is 0 Å². The Hall–Kier alpha value is -2.80. The number of hydrogen-bond acceptors (Lipinski definition) is 5. The summed E-state index contributed by atoms with van der Waals surface area (Å²) in [5, 5.41) is 12.3. The molecule has 1 N–H and O–H groups in total. The van der Waals surface area contributed by atoms with Gasteiger partial charge in [-0.25, -0.2) is 0 Å². The highest BCUT2D eigenvalue weighted by Crippen LogP contribution is 2.40. The fraction of sp³-hybridized carbons (Fsp3) is 0.348. The first-order valence-corrected chi connectivity index (χ1v) is 11.2. The molecule has 30 heavy (non-hydrogen) atoms. The van der Waals surface area contributed by atoms with Crippen molar-refractivity contribution in [3.05, 3.63) is 66.0 Å². The molecule has 156 valence electrons. The largest absolute Gasteiger partial charge is 0.494 e. The summed E-state index contributed by atoms with van der Waals surface area (Å²) in [5.41, 5.74) is 1.95. The van der Waals surface area contributed by atoms with Crippen molar-refractivity contribution in [2.75, 3.05) is 11.9 Å². The van der Waals surface area contributed by atoms with Gasteiger partial charge in [0.2, 0.25) is 5.91 Å². The van der Waals surface area contributed by atoms with Crippen LogP contribution in [-0.2, 0) is 11.3 Å². The number of ether oxygens (including phenoxy) is 1. The molecule has 7 heteroatoms. The lowest BCUT2D eigenvalue weighted by Crippen LogP contribution is -2.23. The Morgan fingerprint density at radius 1 is 1.17 bits per heavy atom. The molecule has 0 aliphatic heterocycles. The first-order chi connectivity index (χ1) is 14.6. The van der Waals surface area contributed by atoms with E-state index in [9.17, 15) is 4.79 Å². The third-order valence-electron chi connectivity index (χ3n) is 4.96. The van der Waals surface area contributed by atoms with E-state index in [1.807, 2.05) is 56.3 Å². The lowest BCUT2D eigenvalue weighted by molar-refractivity contribution is -0.115. The summed E-state index contributed by atoms with van der Waals surface area (Å²) in [4.78, 5) is 12.7. The maximum atomic E-state index is 12.7. The number of amides is 1. The van der Waals surface area contributed by atoms with Gasteiger partial charge in [0.05, 0.1) is 18.4 Å². The van der Waals surface area contributed by atoms with Crippen LogP contribution >= 0.6 is 11.8 Å². The van der Waals surface area contributed by atoms with Gasteiger partial charge in [0.1, 0.15) is 11.6 Å². The van der Waals surface area contributed by atoms with Gasteiger partial charge in [-0.05, 0) is 56.5 Å². The molecule has 1 fully saturated rings. The molecule has 1 amide bonds. The fourth-order valence-corrected chi connectivity index (χ4v) is 4.06. The number of benzene rings is 2. The van der Waals surface area contributed by atoms with Crippen molar-refractivity contribution in [1.29, 1.82) is 0 Å². The number of thioether (sulfide) groups is 1. The monoisotopic (exact) mass is 422 g/mol. The molecular weight excluding hydrogens is 396 g/mol. The number of aromatic nitrogens is 3.